The third-order valence-corrected chi connectivity index (χ3v) is 13.5. The highest BCUT2D eigenvalue weighted by atomic mass is 16.2. The molecule has 4 fully saturated rings. The zero-order chi connectivity index (χ0) is 38.9. The van der Waals surface area contributed by atoms with E-state index in [9.17, 15) is 28.8 Å². The minimum absolute atomic E-state index is 0.235. The van der Waals surface area contributed by atoms with Gasteiger partial charge in [-0.05, 0) is 152 Å². The highest BCUT2D eigenvalue weighted by Gasteiger charge is 2.64. The Morgan fingerprint density at radius 3 is 0.782 bits per heavy atom. The van der Waals surface area contributed by atoms with Crippen molar-refractivity contribution in [3.05, 3.63) is 123 Å². The largest absolute Gasteiger partial charge is 0.269 e. The van der Waals surface area contributed by atoms with Gasteiger partial charge in [-0.25, -0.2) is 14.7 Å². The van der Waals surface area contributed by atoms with Crippen LogP contribution >= 0.6 is 0 Å². The van der Waals surface area contributed by atoms with Crippen LogP contribution in [0.5, 0.6) is 0 Å². The van der Waals surface area contributed by atoms with Crippen molar-refractivity contribution >= 4 is 52.5 Å². The second kappa shape index (κ2) is 11.7. The van der Waals surface area contributed by atoms with Gasteiger partial charge < -0.3 is 0 Å². The topological polar surface area (TPSA) is 112 Å². The number of benzene rings is 3. The average Bonchev–Trinajstić information content (AvgIpc) is 3.74. The summed E-state index contributed by atoms with van der Waals surface area (Å²) in [6.07, 6.45) is 13.7. The highest BCUT2D eigenvalue weighted by Crippen LogP contribution is 2.71. The molecule has 4 saturated carbocycles. The summed E-state index contributed by atoms with van der Waals surface area (Å²) < 4.78 is 0. The summed E-state index contributed by atoms with van der Waals surface area (Å²) in [5.41, 5.74) is 10.2. The number of amides is 6. The molecule has 3 aromatic carbocycles. The molecule has 3 heterocycles. The van der Waals surface area contributed by atoms with Crippen LogP contribution in [0.15, 0.2) is 72.9 Å². The molecule has 9 heteroatoms. The Kier molecular flexibility index (Phi) is 7.42. The van der Waals surface area contributed by atoms with Crippen molar-refractivity contribution in [1.29, 1.82) is 0 Å². The Morgan fingerprint density at radius 1 is 0.382 bits per heavy atom. The van der Waals surface area contributed by atoms with Gasteiger partial charge in [-0.15, -0.1) is 0 Å². The standard InChI is InChI=1S/C46H43N3O6/c1-25-13-32(14-26(2)41(25)47-35(50)7-8-36(47)51)44-19-31-20-45(22-44,33-15-27(3)42(28(4)16-33)48-37(52)9-10-38(48)53)24-46(21-31,23-44)34-17-29(5)43(30(6)18-34)49-39(54)11-12-40(49)55/h7-18,31H,19-24H2,1-6H3. The molecule has 0 atom stereocenters. The first kappa shape index (κ1) is 35.0. The fourth-order valence-electron chi connectivity index (χ4n) is 12.1. The number of aryl methyl sites for hydroxylation is 6. The van der Waals surface area contributed by atoms with Crippen LogP contribution in [-0.2, 0) is 45.0 Å². The Bertz CT molecular complexity index is 2070. The molecule has 0 spiro atoms. The molecule has 3 aromatic rings. The molecule has 7 aliphatic rings. The Labute approximate surface area is 320 Å². The summed E-state index contributed by atoms with van der Waals surface area (Å²) in [5, 5.41) is 0. The number of carbonyl (C=O) groups is 6. The van der Waals surface area contributed by atoms with Crippen LogP contribution in [0.25, 0.3) is 0 Å². The van der Waals surface area contributed by atoms with Crippen LogP contribution in [0, 0.1) is 47.5 Å². The second-order valence-electron chi connectivity index (χ2n) is 17.3. The fourth-order valence-corrected chi connectivity index (χ4v) is 12.1. The van der Waals surface area contributed by atoms with Crippen LogP contribution in [0.4, 0.5) is 17.1 Å². The summed E-state index contributed by atoms with van der Waals surface area (Å²) in [6, 6.07) is 13.2. The van der Waals surface area contributed by atoms with Crippen LogP contribution in [0.3, 0.4) is 0 Å². The predicted octanol–water partition coefficient (Wildman–Crippen LogP) is 6.94. The molecule has 278 valence electrons. The van der Waals surface area contributed by atoms with Crippen molar-refractivity contribution in [3.63, 3.8) is 0 Å². The van der Waals surface area contributed by atoms with E-state index in [1.54, 1.807) is 0 Å². The average molecular weight is 734 g/mol. The SMILES string of the molecule is Cc1cc(C23CC4CC(c5cc(C)c(N6C(=O)C=CC6=O)c(C)c5)(C2)CC(c2cc(C)c(N5C(=O)C=CC5=O)c(C)c2)(C4)C3)cc(C)c1N1C(=O)C=CC1=O. The molecule has 10 rings (SSSR count). The van der Waals surface area contributed by atoms with E-state index in [1.807, 2.05) is 41.5 Å². The molecule has 4 aliphatic carbocycles. The number of rotatable bonds is 6. The number of anilines is 3. The minimum atomic E-state index is -0.332. The molecule has 6 amide bonds. The van der Waals surface area contributed by atoms with Crippen LogP contribution < -0.4 is 14.7 Å². The first-order valence-corrected chi connectivity index (χ1v) is 19.1. The number of carbonyl (C=O) groups excluding carboxylic acids is 6. The smallest absolute Gasteiger partial charge is 0.258 e. The van der Waals surface area contributed by atoms with E-state index < -0.39 is 0 Å². The Morgan fingerprint density at radius 2 is 0.582 bits per heavy atom. The van der Waals surface area contributed by atoms with Crippen molar-refractivity contribution in [2.45, 2.75) is 96.3 Å². The highest BCUT2D eigenvalue weighted by molar-refractivity contribution is 6.30. The predicted molar refractivity (Wildman–Crippen MR) is 209 cm³/mol. The maximum absolute atomic E-state index is 12.8. The molecule has 0 unspecified atom stereocenters. The molecule has 9 nitrogen and oxygen atoms in total. The van der Waals surface area contributed by atoms with Gasteiger partial charge in [-0.2, -0.15) is 0 Å². The molecule has 0 aromatic heterocycles. The Balaban J connectivity index is 1.21. The molecule has 4 bridgehead atoms. The molecule has 0 radical (unpaired) electrons. The fraction of sp³-hybridized carbons (Fsp3) is 0.348. The third-order valence-electron chi connectivity index (χ3n) is 13.5. The van der Waals surface area contributed by atoms with Gasteiger partial charge in [0.2, 0.25) is 0 Å². The maximum atomic E-state index is 12.8. The van der Waals surface area contributed by atoms with Crippen LogP contribution in [0.1, 0.15) is 88.6 Å². The lowest BCUT2D eigenvalue weighted by atomic mass is 9.36. The summed E-state index contributed by atoms with van der Waals surface area (Å²) in [6.45, 7) is 11.9. The lowest BCUT2D eigenvalue weighted by Crippen LogP contribution is -2.62. The van der Waals surface area contributed by atoms with E-state index >= 15 is 0 Å². The van der Waals surface area contributed by atoms with E-state index in [-0.39, 0.29) is 51.7 Å². The Hall–Kier alpha value is -5.70. The first-order valence-electron chi connectivity index (χ1n) is 19.1. The lowest BCUT2D eigenvalue weighted by molar-refractivity contribution is -0.121. The van der Waals surface area contributed by atoms with Gasteiger partial charge in [-0.3, -0.25) is 28.8 Å². The zero-order valence-corrected chi connectivity index (χ0v) is 32.0. The van der Waals surface area contributed by atoms with Crippen LogP contribution in [-0.4, -0.2) is 35.4 Å². The van der Waals surface area contributed by atoms with E-state index in [0.717, 1.165) is 71.9 Å². The third kappa shape index (κ3) is 4.97. The van der Waals surface area contributed by atoms with Crippen molar-refractivity contribution in [3.8, 4) is 0 Å². The summed E-state index contributed by atoms with van der Waals surface area (Å²) >= 11 is 0. The monoisotopic (exact) mass is 733 g/mol. The molecular formula is C46H43N3O6. The number of hydrogen-bond donors (Lipinski definition) is 0. The lowest BCUT2D eigenvalue weighted by Gasteiger charge is -2.67. The molecule has 3 aliphatic heterocycles. The van der Waals surface area contributed by atoms with Gasteiger partial charge in [0.05, 0.1) is 17.1 Å². The van der Waals surface area contributed by atoms with Crippen molar-refractivity contribution in [2.75, 3.05) is 14.7 Å². The second-order valence-corrected chi connectivity index (χ2v) is 17.3. The molecule has 55 heavy (non-hydrogen) atoms. The van der Waals surface area contributed by atoms with Gasteiger partial charge >= 0.3 is 0 Å². The minimum Gasteiger partial charge on any atom is -0.269 e. The van der Waals surface area contributed by atoms with Crippen molar-refractivity contribution < 1.29 is 28.8 Å². The molecular weight excluding hydrogens is 691 g/mol. The van der Waals surface area contributed by atoms with Crippen LogP contribution in [0.2, 0.25) is 0 Å². The maximum Gasteiger partial charge on any atom is 0.258 e. The summed E-state index contributed by atoms with van der Waals surface area (Å²) in [7, 11) is 0. The van der Waals surface area contributed by atoms with Gasteiger partial charge in [-0.1, -0.05) is 36.4 Å². The number of hydrogen-bond acceptors (Lipinski definition) is 6. The number of nitrogens with zero attached hydrogens (tertiary/aromatic N) is 3. The summed E-state index contributed by atoms with van der Waals surface area (Å²) in [4.78, 5) is 80.8. The van der Waals surface area contributed by atoms with E-state index in [0.29, 0.717) is 23.0 Å². The normalized spacial score (nSPS) is 28.0. The van der Waals surface area contributed by atoms with Gasteiger partial charge in [0, 0.05) is 36.5 Å². The molecule has 0 N–H and O–H groups in total. The molecule has 0 saturated heterocycles. The summed E-state index contributed by atoms with van der Waals surface area (Å²) in [5.74, 6) is -1.60. The van der Waals surface area contributed by atoms with E-state index in [2.05, 4.69) is 36.4 Å². The zero-order valence-electron chi connectivity index (χ0n) is 32.0. The quantitative estimate of drug-likeness (QED) is 0.254. The van der Waals surface area contributed by atoms with Gasteiger partial charge in [0.15, 0.2) is 0 Å². The van der Waals surface area contributed by atoms with Gasteiger partial charge in [0.25, 0.3) is 35.4 Å². The van der Waals surface area contributed by atoms with Gasteiger partial charge in [0.1, 0.15) is 0 Å². The number of imide groups is 3. The first-order chi connectivity index (χ1) is 26.0. The van der Waals surface area contributed by atoms with E-state index in [1.165, 1.54) is 67.8 Å². The van der Waals surface area contributed by atoms with Crippen molar-refractivity contribution in [1.82, 2.24) is 0 Å². The van der Waals surface area contributed by atoms with Crippen molar-refractivity contribution in [2.24, 2.45) is 5.92 Å². The van der Waals surface area contributed by atoms with E-state index in [4.69, 9.17) is 0 Å².